The molecule has 1 unspecified atom stereocenters. The Morgan fingerprint density at radius 3 is 2.76 bits per heavy atom. The van der Waals surface area contributed by atoms with Crippen LogP contribution in [0.5, 0.6) is 0 Å². The summed E-state index contributed by atoms with van der Waals surface area (Å²) in [5, 5.41) is 0. The molecule has 0 spiro atoms. The summed E-state index contributed by atoms with van der Waals surface area (Å²) >= 11 is 0. The van der Waals surface area contributed by atoms with Crippen molar-refractivity contribution in [3.8, 4) is 0 Å². The van der Waals surface area contributed by atoms with Gasteiger partial charge in [-0.3, -0.25) is 4.79 Å². The number of nitrogens with zero attached hydrogens (tertiary/aromatic N) is 2. The summed E-state index contributed by atoms with van der Waals surface area (Å²) in [6.07, 6.45) is 3.04. The van der Waals surface area contributed by atoms with Crippen LogP contribution in [0.4, 0.5) is 0 Å². The smallest absolute Gasteiger partial charge is 0.141 e. The van der Waals surface area contributed by atoms with Gasteiger partial charge in [-0.25, -0.2) is 0 Å². The van der Waals surface area contributed by atoms with Crippen molar-refractivity contribution in [2.45, 2.75) is 25.3 Å². The van der Waals surface area contributed by atoms with Gasteiger partial charge in [-0.15, -0.1) is 0 Å². The van der Waals surface area contributed by atoms with Crippen molar-refractivity contribution in [1.29, 1.82) is 0 Å². The molecule has 2 aliphatic rings. The molecule has 0 aliphatic carbocycles. The number of Topliss-reactive ketones (excluding diaryl/α,β-unsaturated/α-hetero) is 1. The van der Waals surface area contributed by atoms with Crippen LogP contribution in [-0.4, -0.2) is 68.6 Å². The highest BCUT2D eigenvalue weighted by atomic mass is 16.5. The fraction of sp³-hybridized carbons (Fsp3) is 0.923. The third kappa shape index (κ3) is 3.50. The van der Waals surface area contributed by atoms with Crippen LogP contribution >= 0.6 is 0 Å². The van der Waals surface area contributed by atoms with Gasteiger partial charge in [-0.1, -0.05) is 0 Å². The van der Waals surface area contributed by atoms with Gasteiger partial charge < -0.3 is 14.5 Å². The van der Waals surface area contributed by atoms with E-state index in [1.54, 1.807) is 0 Å². The minimum absolute atomic E-state index is 0.105. The molecule has 0 aromatic heterocycles. The fourth-order valence-electron chi connectivity index (χ4n) is 2.78. The molecule has 2 aliphatic heterocycles. The predicted molar refractivity (Wildman–Crippen MR) is 67.1 cm³/mol. The standard InChI is InChI=1S/C13H24N2O2/c1-14-6-3-12(4-7-14)15(2)9-11-10-17-8-5-13(11)16/h11-12H,3-10H2,1-2H3. The van der Waals surface area contributed by atoms with Crippen LogP contribution in [0.3, 0.4) is 0 Å². The maximum Gasteiger partial charge on any atom is 0.141 e. The fourth-order valence-corrected chi connectivity index (χ4v) is 2.78. The predicted octanol–water partition coefficient (Wildman–Crippen LogP) is 0.618. The number of carbonyl (C=O) groups excluding carboxylic acids is 1. The lowest BCUT2D eigenvalue weighted by atomic mass is 9.97. The lowest BCUT2D eigenvalue weighted by molar-refractivity contribution is -0.131. The molecule has 0 saturated carbocycles. The number of likely N-dealkylation sites (tertiary alicyclic amines) is 1. The Morgan fingerprint density at radius 1 is 1.41 bits per heavy atom. The summed E-state index contributed by atoms with van der Waals surface area (Å²) in [6.45, 7) is 4.45. The van der Waals surface area contributed by atoms with Gasteiger partial charge in [0.25, 0.3) is 0 Å². The van der Waals surface area contributed by atoms with Gasteiger partial charge in [0.2, 0.25) is 0 Å². The SMILES string of the molecule is CN1CCC(N(C)CC2COCCC2=O)CC1. The van der Waals surface area contributed by atoms with Crippen molar-refractivity contribution in [2.24, 2.45) is 5.92 Å². The largest absolute Gasteiger partial charge is 0.380 e. The number of rotatable bonds is 3. The van der Waals surface area contributed by atoms with E-state index in [0.717, 1.165) is 6.54 Å². The molecule has 0 aromatic carbocycles. The van der Waals surface area contributed by atoms with Crippen LogP contribution in [0.1, 0.15) is 19.3 Å². The number of hydrogen-bond acceptors (Lipinski definition) is 4. The summed E-state index contributed by atoms with van der Waals surface area (Å²) in [6, 6.07) is 0.640. The first kappa shape index (κ1) is 13.0. The molecule has 0 radical (unpaired) electrons. The first-order valence-electron chi connectivity index (χ1n) is 6.66. The van der Waals surface area contributed by atoms with Crippen LogP contribution < -0.4 is 0 Å². The van der Waals surface area contributed by atoms with Crippen molar-refractivity contribution >= 4 is 5.78 Å². The van der Waals surface area contributed by atoms with Gasteiger partial charge in [0.05, 0.1) is 19.1 Å². The summed E-state index contributed by atoms with van der Waals surface area (Å²) in [7, 11) is 4.33. The molecular weight excluding hydrogens is 216 g/mol. The first-order valence-corrected chi connectivity index (χ1v) is 6.66. The third-order valence-corrected chi connectivity index (χ3v) is 4.09. The Morgan fingerprint density at radius 2 is 2.12 bits per heavy atom. The summed E-state index contributed by atoms with van der Waals surface area (Å²) in [5.41, 5.74) is 0. The quantitative estimate of drug-likeness (QED) is 0.724. The molecule has 4 heteroatoms. The molecule has 0 N–H and O–H groups in total. The highest BCUT2D eigenvalue weighted by Gasteiger charge is 2.27. The van der Waals surface area contributed by atoms with Crippen LogP contribution in [-0.2, 0) is 9.53 Å². The zero-order valence-corrected chi connectivity index (χ0v) is 11.0. The number of hydrogen-bond donors (Lipinski definition) is 0. The van der Waals surface area contributed by atoms with Crippen LogP contribution in [0.15, 0.2) is 0 Å². The number of ketones is 1. The van der Waals surface area contributed by atoms with Gasteiger partial charge in [0, 0.05) is 19.0 Å². The van der Waals surface area contributed by atoms with Crippen LogP contribution in [0.25, 0.3) is 0 Å². The zero-order chi connectivity index (χ0) is 12.3. The first-order chi connectivity index (χ1) is 8.16. The molecule has 1 atom stereocenters. The lowest BCUT2D eigenvalue weighted by Gasteiger charge is -2.37. The molecule has 0 bridgehead atoms. The Kier molecular flexibility index (Phi) is 4.54. The molecule has 2 rings (SSSR count). The van der Waals surface area contributed by atoms with Gasteiger partial charge in [0.1, 0.15) is 5.78 Å². The lowest BCUT2D eigenvalue weighted by Crippen LogP contribution is -2.46. The summed E-state index contributed by atoms with van der Waals surface area (Å²) in [4.78, 5) is 16.5. The van der Waals surface area contributed by atoms with E-state index in [4.69, 9.17) is 4.74 Å². The average Bonchev–Trinajstić information content (AvgIpc) is 2.33. The Hall–Kier alpha value is -0.450. The third-order valence-electron chi connectivity index (χ3n) is 4.09. The molecule has 0 amide bonds. The van der Waals surface area contributed by atoms with Crippen molar-refractivity contribution in [3.63, 3.8) is 0 Å². The van der Waals surface area contributed by atoms with E-state index in [1.807, 2.05) is 0 Å². The monoisotopic (exact) mass is 240 g/mol. The van der Waals surface area contributed by atoms with Gasteiger partial charge in [0.15, 0.2) is 0 Å². The van der Waals surface area contributed by atoms with Gasteiger partial charge in [-0.2, -0.15) is 0 Å². The van der Waals surface area contributed by atoms with E-state index in [1.165, 1.54) is 25.9 Å². The Labute approximate surface area is 104 Å². The second-order valence-electron chi connectivity index (χ2n) is 5.46. The molecule has 2 saturated heterocycles. The molecule has 98 valence electrons. The van der Waals surface area contributed by atoms with E-state index in [0.29, 0.717) is 31.5 Å². The highest BCUT2D eigenvalue weighted by Crippen LogP contribution is 2.17. The molecule has 17 heavy (non-hydrogen) atoms. The molecule has 4 nitrogen and oxygen atoms in total. The molecule has 2 fully saturated rings. The number of carbonyl (C=O) groups is 1. The Bertz CT molecular complexity index is 262. The van der Waals surface area contributed by atoms with E-state index < -0.39 is 0 Å². The zero-order valence-electron chi connectivity index (χ0n) is 11.0. The van der Waals surface area contributed by atoms with Crippen molar-refractivity contribution in [3.05, 3.63) is 0 Å². The minimum Gasteiger partial charge on any atom is -0.380 e. The second-order valence-corrected chi connectivity index (χ2v) is 5.46. The maximum atomic E-state index is 11.7. The van der Waals surface area contributed by atoms with E-state index in [-0.39, 0.29) is 5.92 Å². The van der Waals surface area contributed by atoms with Crippen molar-refractivity contribution in [2.75, 3.05) is 46.9 Å². The summed E-state index contributed by atoms with van der Waals surface area (Å²) in [5.74, 6) is 0.490. The number of ether oxygens (including phenoxy) is 1. The molecule has 2 heterocycles. The minimum atomic E-state index is 0.105. The van der Waals surface area contributed by atoms with Crippen molar-refractivity contribution in [1.82, 2.24) is 9.80 Å². The maximum absolute atomic E-state index is 11.7. The van der Waals surface area contributed by atoms with E-state index >= 15 is 0 Å². The van der Waals surface area contributed by atoms with Gasteiger partial charge in [-0.05, 0) is 40.0 Å². The van der Waals surface area contributed by atoms with Crippen molar-refractivity contribution < 1.29 is 9.53 Å². The summed E-state index contributed by atoms with van der Waals surface area (Å²) < 4.78 is 5.40. The van der Waals surface area contributed by atoms with E-state index in [9.17, 15) is 4.79 Å². The second kappa shape index (κ2) is 5.94. The van der Waals surface area contributed by atoms with E-state index in [2.05, 4.69) is 23.9 Å². The topological polar surface area (TPSA) is 32.8 Å². The Balaban J connectivity index is 1.79. The van der Waals surface area contributed by atoms with Gasteiger partial charge >= 0.3 is 0 Å². The molecule has 0 aromatic rings. The average molecular weight is 240 g/mol. The van der Waals surface area contributed by atoms with Crippen LogP contribution in [0, 0.1) is 5.92 Å². The highest BCUT2D eigenvalue weighted by molar-refractivity contribution is 5.82. The van der Waals surface area contributed by atoms with Crippen LogP contribution in [0.2, 0.25) is 0 Å². The number of piperidine rings is 1. The molecular formula is C13H24N2O2. The normalized spacial score (nSPS) is 28.9.